The fourth-order valence-corrected chi connectivity index (χ4v) is 2.90. The van der Waals surface area contributed by atoms with E-state index in [0.717, 1.165) is 12.5 Å². The van der Waals surface area contributed by atoms with E-state index in [9.17, 15) is 18.3 Å². The summed E-state index contributed by atoms with van der Waals surface area (Å²) in [6, 6.07) is 0. The molecular formula is C18H25F3N4O. The summed E-state index contributed by atoms with van der Waals surface area (Å²) >= 11 is 0. The molecule has 0 radical (unpaired) electrons. The minimum atomic E-state index is -4.25. The Morgan fingerprint density at radius 2 is 1.92 bits per heavy atom. The molecule has 0 aliphatic heterocycles. The number of halogens is 3. The van der Waals surface area contributed by atoms with Crippen LogP contribution in [-0.2, 0) is 13.0 Å². The Kier molecular flexibility index (Phi) is 5.37. The van der Waals surface area contributed by atoms with Gasteiger partial charge in [0, 0.05) is 12.0 Å². The standard InChI is InChI=1S/C18H25F3N4O/c1-6-12-11(3)15-14(16(22)23-12)24-13(25(15)9-17(4,5)26)8-7-10(2)18(19,20)21/h6,10,26H,1,7-9H2,2-5H3,(H2,22,23). The lowest BCUT2D eigenvalue weighted by molar-refractivity contribution is -0.171. The van der Waals surface area contributed by atoms with Gasteiger partial charge in [0.05, 0.1) is 29.3 Å². The maximum absolute atomic E-state index is 12.8. The van der Waals surface area contributed by atoms with E-state index in [0.29, 0.717) is 22.6 Å². The summed E-state index contributed by atoms with van der Waals surface area (Å²) in [5.74, 6) is -0.797. The number of hydrogen-bond acceptors (Lipinski definition) is 4. The first-order chi connectivity index (χ1) is 11.8. The molecule has 0 aromatic carbocycles. The number of aliphatic hydroxyl groups is 1. The van der Waals surface area contributed by atoms with Crippen molar-refractivity contribution in [1.82, 2.24) is 14.5 Å². The number of nitrogens with two attached hydrogens (primary N) is 1. The van der Waals surface area contributed by atoms with Crippen molar-refractivity contribution in [1.29, 1.82) is 0 Å². The third-order valence-corrected chi connectivity index (χ3v) is 4.37. The number of pyridine rings is 1. The number of aryl methyl sites for hydroxylation is 2. The monoisotopic (exact) mass is 370 g/mol. The number of anilines is 1. The first-order valence-electron chi connectivity index (χ1n) is 8.42. The fourth-order valence-electron chi connectivity index (χ4n) is 2.90. The normalized spacial score (nSPS) is 14.0. The summed E-state index contributed by atoms with van der Waals surface area (Å²) in [6.07, 6.45) is -2.66. The highest BCUT2D eigenvalue weighted by Crippen LogP contribution is 2.32. The van der Waals surface area contributed by atoms with Gasteiger partial charge in [0.15, 0.2) is 5.82 Å². The van der Waals surface area contributed by atoms with Gasteiger partial charge in [-0.05, 0) is 33.3 Å². The van der Waals surface area contributed by atoms with Crippen LogP contribution in [0, 0.1) is 12.8 Å². The molecule has 1 atom stereocenters. The smallest absolute Gasteiger partial charge is 0.389 e. The molecule has 2 heterocycles. The lowest BCUT2D eigenvalue weighted by atomic mass is 10.0. The van der Waals surface area contributed by atoms with E-state index in [1.165, 1.54) is 0 Å². The maximum atomic E-state index is 12.8. The van der Waals surface area contributed by atoms with Gasteiger partial charge in [0.1, 0.15) is 11.3 Å². The van der Waals surface area contributed by atoms with Crippen molar-refractivity contribution < 1.29 is 18.3 Å². The van der Waals surface area contributed by atoms with E-state index in [1.54, 1.807) is 24.5 Å². The summed E-state index contributed by atoms with van der Waals surface area (Å²) in [4.78, 5) is 8.70. The van der Waals surface area contributed by atoms with Gasteiger partial charge in [-0.3, -0.25) is 0 Å². The van der Waals surface area contributed by atoms with Crippen LogP contribution in [0.2, 0.25) is 0 Å². The van der Waals surface area contributed by atoms with E-state index >= 15 is 0 Å². The van der Waals surface area contributed by atoms with Crippen LogP contribution in [0.3, 0.4) is 0 Å². The number of nitrogens with zero attached hydrogens (tertiary/aromatic N) is 3. The maximum Gasteiger partial charge on any atom is 0.391 e. The van der Waals surface area contributed by atoms with E-state index in [-0.39, 0.29) is 25.2 Å². The number of aromatic nitrogens is 3. The summed E-state index contributed by atoms with van der Waals surface area (Å²) < 4.78 is 40.3. The fraction of sp³-hybridized carbons (Fsp3) is 0.556. The molecule has 5 nitrogen and oxygen atoms in total. The molecule has 144 valence electrons. The molecule has 26 heavy (non-hydrogen) atoms. The lowest BCUT2D eigenvalue weighted by Crippen LogP contribution is -2.28. The number of nitrogen functional groups attached to an aromatic ring is 1. The minimum absolute atomic E-state index is 0.0978. The average molecular weight is 370 g/mol. The first kappa shape index (κ1) is 20.2. The average Bonchev–Trinajstić information content (AvgIpc) is 2.84. The van der Waals surface area contributed by atoms with Gasteiger partial charge >= 0.3 is 6.18 Å². The Balaban J connectivity index is 2.58. The van der Waals surface area contributed by atoms with Crippen LogP contribution >= 0.6 is 0 Å². The van der Waals surface area contributed by atoms with E-state index < -0.39 is 17.7 Å². The second-order valence-electron chi connectivity index (χ2n) is 7.32. The minimum Gasteiger partial charge on any atom is -0.389 e. The second-order valence-corrected chi connectivity index (χ2v) is 7.32. The third kappa shape index (κ3) is 4.17. The quantitative estimate of drug-likeness (QED) is 0.809. The summed E-state index contributed by atoms with van der Waals surface area (Å²) in [7, 11) is 0. The summed E-state index contributed by atoms with van der Waals surface area (Å²) in [6.45, 7) is 10.1. The van der Waals surface area contributed by atoms with Crippen LogP contribution in [0.25, 0.3) is 17.1 Å². The molecule has 0 amide bonds. The van der Waals surface area contributed by atoms with Gasteiger partial charge < -0.3 is 15.4 Å². The van der Waals surface area contributed by atoms with Crippen molar-refractivity contribution in [2.45, 2.75) is 58.9 Å². The van der Waals surface area contributed by atoms with Crippen molar-refractivity contribution in [2.24, 2.45) is 5.92 Å². The van der Waals surface area contributed by atoms with Crippen LogP contribution in [0.1, 0.15) is 44.3 Å². The topological polar surface area (TPSA) is 77.0 Å². The lowest BCUT2D eigenvalue weighted by Gasteiger charge is -2.22. The van der Waals surface area contributed by atoms with E-state index in [4.69, 9.17) is 5.73 Å². The molecule has 0 aliphatic rings. The molecular weight excluding hydrogens is 345 g/mol. The zero-order chi connectivity index (χ0) is 19.9. The van der Waals surface area contributed by atoms with E-state index in [2.05, 4.69) is 16.5 Å². The molecule has 0 spiro atoms. The highest BCUT2D eigenvalue weighted by atomic mass is 19.4. The van der Waals surface area contributed by atoms with Gasteiger partial charge in [-0.1, -0.05) is 13.5 Å². The van der Waals surface area contributed by atoms with Gasteiger partial charge in [0.25, 0.3) is 0 Å². The zero-order valence-electron chi connectivity index (χ0n) is 15.5. The Morgan fingerprint density at radius 3 is 2.42 bits per heavy atom. The van der Waals surface area contributed by atoms with Crippen LogP contribution in [0.15, 0.2) is 6.58 Å². The Hall–Kier alpha value is -2.09. The molecule has 0 aliphatic carbocycles. The van der Waals surface area contributed by atoms with Crippen LogP contribution in [0.5, 0.6) is 0 Å². The third-order valence-electron chi connectivity index (χ3n) is 4.37. The van der Waals surface area contributed by atoms with Crippen LogP contribution in [0.4, 0.5) is 19.0 Å². The molecule has 2 rings (SSSR count). The van der Waals surface area contributed by atoms with Crippen LogP contribution < -0.4 is 5.73 Å². The largest absolute Gasteiger partial charge is 0.391 e. The van der Waals surface area contributed by atoms with E-state index in [1.807, 2.05) is 6.92 Å². The van der Waals surface area contributed by atoms with Gasteiger partial charge in [-0.25, -0.2) is 9.97 Å². The molecule has 2 aromatic heterocycles. The highest BCUT2D eigenvalue weighted by molar-refractivity contribution is 5.90. The molecule has 2 aromatic rings. The van der Waals surface area contributed by atoms with Crippen molar-refractivity contribution in [3.05, 3.63) is 23.7 Å². The highest BCUT2D eigenvalue weighted by Gasteiger charge is 2.35. The Morgan fingerprint density at radius 1 is 1.31 bits per heavy atom. The number of rotatable bonds is 6. The summed E-state index contributed by atoms with van der Waals surface area (Å²) in [5.41, 5.74) is 7.39. The van der Waals surface area contributed by atoms with Crippen molar-refractivity contribution >= 4 is 22.9 Å². The molecule has 0 fully saturated rings. The predicted octanol–water partition coefficient (Wildman–Crippen LogP) is 3.87. The molecule has 0 saturated heterocycles. The molecule has 3 N–H and O–H groups in total. The number of hydrogen-bond donors (Lipinski definition) is 2. The van der Waals surface area contributed by atoms with Crippen molar-refractivity contribution in [3.63, 3.8) is 0 Å². The second kappa shape index (κ2) is 6.90. The van der Waals surface area contributed by atoms with Crippen LogP contribution in [-0.4, -0.2) is 31.4 Å². The van der Waals surface area contributed by atoms with Gasteiger partial charge in [-0.2, -0.15) is 13.2 Å². The van der Waals surface area contributed by atoms with Crippen molar-refractivity contribution in [2.75, 3.05) is 5.73 Å². The molecule has 0 saturated carbocycles. The molecule has 1 unspecified atom stereocenters. The first-order valence-corrected chi connectivity index (χ1v) is 8.42. The Labute approximate surface area is 150 Å². The Bertz CT molecular complexity index is 819. The number of fused-ring (bicyclic) bond motifs is 1. The predicted molar refractivity (Wildman–Crippen MR) is 96.6 cm³/mol. The SMILES string of the molecule is C=Cc1nc(N)c2nc(CCC(C)C(F)(F)F)n(CC(C)(C)O)c2c1C. The van der Waals surface area contributed by atoms with Gasteiger partial charge in [0.2, 0.25) is 0 Å². The number of imidazole rings is 1. The molecule has 0 bridgehead atoms. The molecule has 8 heteroatoms. The summed E-state index contributed by atoms with van der Waals surface area (Å²) in [5, 5.41) is 10.3. The zero-order valence-corrected chi connectivity index (χ0v) is 15.5. The number of alkyl halides is 3. The van der Waals surface area contributed by atoms with Crippen molar-refractivity contribution in [3.8, 4) is 0 Å². The van der Waals surface area contributed by atoms with Gasteiger partial charge in [-0.15, -0.1) is 0 Å².